The van der Waals surface area contributed by atoms with Crippen LogP contribution in [0.25, 0.3) is 0 Å². The number of amides is 2. The van der Waals surface area contributed by atoms with Gasteiger partial charge >= 0.3 is 0 Å². The lowest BCUT2D eigenvalue weighted by Crippen LogP contribution is -2.42. The van der Waals surface area contributed by atoms with Gasteiger partial charge in [-0.1, -0.05) is 0 Å². The number of hydrogen-bond acceptors (Lipinski definition) is 4. The first-order valence-electron chi connectivity index (χ1n) is 7.26. The first-order valence-corrected chi connectivity index (χ1v) is 7.26. The molecule has 1 saturated carbocycles. The predicted octanol–water partition coefficient (Wildman–Crippen LogP) is 0.929. The summed E-state index contributed by atoms with van der Waals surface area (Å²) in [6, 6.07) is -0.382. The number of carbonyl (C=O) groups excluding carboxylic acids is 2. The first-order chi connectivity index (χ1) is 9.09. The quantitative estimate of drug-likeness (QED) is 0.525. The number of nitrogens with one attached hydrogen (secondary N) is 1. The standard InChI is InChI=1S/C14H24N2O3/c1-10(2)16-13(17)8-12(14(16)18)15-6-3-7-19-9-11-4-5-11/h10-12,15H,3-9H2,1-2H3. The number of hydrogen-bond donors (Lipinski definition) is 1. The average molecular weight is 268 g/mol. The molecule has 2 aliphatic rings. The molecule has 1 aliphatic heterocycles. The number of ether oxygens (including phenoxy) is 1. The molecule has 108 valence electrons. The molecule has 1 saturated heterocycles. The molecule has 0 aromatic heterocycles. The summed E-state index contributed by atoms with van der Waals surface area (Å²) in [5.41, 5.74) is 0. The van der Waals surface area contributed by atoms with E-state index in [9.17, 15) is 9.59 Å². The Morgan fingerprint density at radius 1 is 1.37 bits per heavy atom. The Morgan fingerprint density at radius 2 is 2.11 bits per heavy atom. The lowest BCUT2D eigenvalue weighted by atomic mass is 10.2. The van der Waals surface area contributed by atoms with Gasteiger partial charge in [-0.15, -0.1) is 0 Å². The topological polar surface area (TPSA) is 58.6 Å². The van der Waals surface area contributed by atoms with Gasteiger partial charge in [0.05, 0.1) is 12.5 Å². The smallest absolute Gasteiger partial charge is 0.247 e. The van der Waals surface area contributed by atoms with Gasteiger partial charge < -0.3 is 10.1 Å². The van der Waals surface area contributed by atoms with Gasteiger partial charge in [-0.25, -0.2) is 0 Å². The predicted molar refractivity (Wildman–Crippen MR) is 71.6 cm³/mol. The van der Waals surface area contributed by atoms with E-state index in [0.717, 1.165) is 32.1 Å². The summed E-state index contributed by atoms with van der Waals surface area (Å²) in [4.78, 5) is 25.0. The molecule has 0 radical (unpaired) electrons. The number of imide groups is 1. The van der Waals surface area contributed by atoms with Crippen LogP contribution >= 0.6 is 0 Å². The fourth-order valence-electron chi connectivity index (χ4n) is 2.34. The molecule has 0 aromatic carbocycles. The molecule has 19 heavy (non-hydrogen) atoms. The molecule has 1 heterocycles. The van der Waals surface area contributed by atoms with Crippen LogP contribution in [0.5, 0.6) is 0 Å². The van der Waals surface area contributed by atoms with Gasteiger partial charge in [-0.05, 0) is 45.6 Å². The minimum Gasteiger partial charge on any atom is -0.381 e. The van der Waals surface area contributed by atoms with Crippen LogP contribution in [-0.2, 0) is 14.3 Å². The Bertz CT molecular complexity index is 340. The van der Waals surface area contributed by atoms with Crippen molar-refractivity contribution >= 4 is 11.8 Å². The molecule has 1 unspecified atom stereocenters. The van der Waals surface area contributed by atoms with Crippen LogP contribution in [0, 0.1) is 5.92 Å². The summed E-state index contributed by atoms with van der Waals surface area (Å²) in [5.74, 6) is 0.642. The Balaban J connectivity index is 1.60. The van der Waals surface area contributed by atoms with Crippen molar-refractivity contribution in [2.45, 2.75) is 51.6 Å². The van der Waals surface area contributed by atoms with Crippen LogP contribution < -0.4 is 5.32 Å². The van der Waals surface area contributed by atoms with Crippen molar-refractivity contribution in [3.63, 3.8) is 0 Å². The minimum absolute atomic E-state index is 0.0475. The lowest BCUT2D eigenvalue weighted by molar-refractivity contribution is -0.140. The molecule has 5 heteroatoms. The molecular weight excluding hydrogens is 244 g/mol. The Morgan fingerprint density at radius 3 is 2.68 bits per heavy atom. The third-order valence-corrected chi connectivity index (χ3v) is 3.61. The lowest BCUT2D eigenvalue weighted by Gasteiger charge is -2.19. The fraction of sp³-hybridized carbons (Fsp3) is 0.857. The van der Waals surface area contributed by atoms with Crippen molar-refractivity contribution < 1.29 is 14.3 Å². The maximum atomic E-state index is 12.0. The Hall–Kier alpha value is -0.940. The van der Waals surface area contributed by atoms with Gasteiger partial charge in [0.15, 0.2) is 0 Å². The van der Waals surface area contributed by atoms with E-state index in [0.29, 0.717) is 6.42 Å². The normalized spacial score (nSPS) is 23.7. The zero-order valence-electron chi connectivity index (χ0n) is 11.9. The van der Waals surface area contributed by atoms with Crippen molar-refractivity contribution in [2.24, 2.45) is 5.92 Å². The van der Waals surface area contributed by atoms with Gasteiger partial charge in [0.25, 0.3) is 0 Å². The van der Waals surface area contributed by atoms with E-state index >= 15 is 0 Å². The molecule has 0 bridgehead atoms. The van der Waals surface area contributed by atoms with E-state index in [1.807, 2.05) is 13.8 Å². The Labute approximate surface area is 114 Å². The second-order valence-corrected chi connectivity index (χ2v) is 5.78. The van der Waals surface area contributed by atoms with Crippen LogP contribution in [0.3, 0.4) is 0 Å². The SMILES string of the molecule is CC(C)N1C(=O)CC(NCCCOCC2CC2)C1=O. The largest absolute Gasteiger partial charge is 0.381 e. The number of carbonyl (C=O) groups is 2. The Kier molecular flexibility index (Phi) is 4.93. The van der Waals surface area contributed by atoms with Gasteiger partial charge in [-0.3, -0.25) is 14.5 Å². The monoisotopic (exact) mass is 268 g/mol. The maximum absolute atomic E-state index is 12.0. The van der Waals surface area contributed by atoms with E-state index < -0.39 is 0 Å². The highest BCUT2D eigenvalue weighted by molar-refractivity contribution is 6.05. The van der Waals surface area contributed by atoms with Gasteiger partial charge in [0.2, 0.25) is 11.8 Å². The highest BCUT2D eigenvalue weighted by Gasteiger charge is 2.39. The summed E-state index contributed by atoms with van der Waals surface area (Å²) >= 11 is 0. The third-order valence-electron chi connectivity index (χ3n) is 3.61. The maximum Gasteiger partial charge on any atom is 0.247 e. The van der Waals surface area contributed by atoms with Gasteiger partial charge in [0, 0.05) is 19.3 Å². The van der Waals surface area contributed by atoms with Crippen molar-refractivity contribution in [1.29, 1.82) is 0 Å². The minimum atomic E-state index is -0.335. The van der Waals surface area contributed by atoms with Crippen molar-refractivity contribution in [3.05, 3.63) is 0 Å². The highest BCUT2D eigenvalue weighted by atomic mass is 16.5. The molecule has 2 amide bonds. The molecule has 0 spiro atoms. The molecule has 2 fully saturated rings. The van der Waals surface area contributed by atoms with E-state index in [1.54, 1.807) is 0 Å². The highest BCUT2D eigenvalue weighted by Crippen LogP contribution is 2.28. The summed E-state index contributed by atoms with van der Waals surface area (Å²) < 4.78 is 5.53. The molecule has 5 nitrogen and oxygen atoms in total. The van der Waals surface area contributed by atoms with Gasteiger partial charge in [0.1, 0.15) is 0 Å². The van der Waals surface area contributed by atoms with Crippen LogP contribution in [0.4, 0.5) is 0 Å². The van der Waals surface area contributed by atoms with E-state index in [2.05, 4.69) is 5.32 Å². The number of nitrogens with zero attached hydrogens (tertiary/aromatic N) is 1. The molecule has 2 rings (SSSR count). The molecule has 0 aromatic rings. The molecule has 1 atom stereocenters. The van der Waals surface area contributed by atoms with Crippen LogP contribution in [-0.4, -0.2) is 48.6 Å². The van der Waals surface area contributed by atoms with Crippen molar-refractivity contribution in [1.82, 2.24) is 10.2 Å². The van der Waals surface area contributed by atoms with Crippen LogP contribution in [0.2, 0.25) is 0 Å². The van der Waals surface area contributed by atoms with Crippen molar-refractivity contribution in [3.8, 4) is 0 Å². The van der Waals surface area contributed by atoms with E-state index in [1.165, 1.54) is 17.7 Å². The summed E-state index contributed by atoms with van der Waals surface area (Å²) in [6.45, 7) is 6.06. The van der Waals surface area contributed by atoms with E-state index in [4.69, 9.17) is 4.74 Å². The fourth-order valence-corrected chi connectivity index (χ4v) is 2.34. The third kappa shape index (κ3) is 4.01. The zero-order chi connectivity index (χ0) is 13.8. The second-order valence-electron chi connectivity index (χ2n) is 5.78. The molecule has 1 aliphatic carbocycles. The van der Waals surface area contributed by atoms with E-state index in [-0.39, 0.29) is 23.9 Å². The van der Waals surface area contributed by atoms with Crippen LogP contribution in [0.1, 0.15) is 39.5 Å². The first kappa shape index (κ1) is 14.5. The second kappa shape index (κ2) is 6.48. The summed E-state index contributed by atoms with van der Waals surface area (Å²) in [5, 5.41) is 3.16. The summed E-state index contributed by atoms with van der Waals surface area (Å²) in [7, 11) is 0. The number of rotatable bonds is 8. The summed E-state index contributed by atoms with van der Waals surface area (Å²) in [6.07, 6.45) is 3.79. The molecule has 1 N–H and O–H groups in total. The van der Waals surface area contributed by atoms with Gasteiger partial charge in [-0.2, -0.15) is 0 Å². The van der Waals surface area contributed by atoms with Crippen LogP contribution in [0.15, 0.2) is 0 Å². The number of likely N-dealkylation sites (tertiary alicyclic amines) is 1. The molecular formula is C14H24N2O3. The zero-order valence-corrected chi connectivity index (χ0v) is 11.9. The van der Waals surface area contributed by atoms with Crippen molar-refractivity contribution in [2.75, 3.05) is 19.8 Å². The average Bonchev–Trinajstić information content (AvgIpc) is 3.10.